The smallest absolute Gasteiger partial charge is 0.336 e. The van der Waals surface area contributed by atoms with Gasteiger partial charge in [0, 0.05) is 44.2 Å². The van der Waals surface area contributed by atoms with Gasteiger partial charge in [-0.25, -0.2) is 13.2 Å². The predicted molar refractivity (Wildman–Crippen MR) is 93.7 cm³/mol. The highest BCUT2D eigenvalue weighted by Crippen LogP contribution is 2.24. The van der Waals surface area contributed by atoms with Crippen molar-refractivity contribution in [3.8, 4) is 0 Å². The van der Waals surface area contributed by atoms with E-state index in [1.807, 2.05) is 26.0 Å². The molecule has 0 saturated carbocycles. The second-order valence-electron chi connectivity index (χ2n) is 6.41. The Bertz CT molecular complexity index is 925. The topological polar surface area (TPSA) is 70.8 Å². The van der Waals surface area contributed by atoms with Crippen LogP contribution in [0.25, 0.3) is 11.0 Å². The molecular weight excluding hydrogens is 328 g/mol. The molecule has 0 unspecified atom stereocenters. The lowest BCUT2D eigenvalue weighted by Gasteiger charge is -2.33. The molecule has 1 fully saturated rings. The Hall–Kier alpha value is -1.70. The van der Waals surface area contributed by atoms with Crippen molar-refractivity contribution >= 4 is 21.0 Å². The lowest BCUT2D eigenvalue weighted by molar-refractivity contribution is 0.182. The minimum Gasteiger partial charge on any atom is -0.422 e. The minimum absolute atomic E-state index is 0.346. The summed E-state index contributed by atoms with van der Waals surface area (Å²) in [6, 6.07) is 5.56. The Morgan fingerprint density at radius 2 is 1.79 bits per heavy atom. The fourth-order valence-corrected chi connectivity index (χ4v) is 3.94. The van der Waals surface area contributed by atoms with Crippen molar-refractivity contribution in [2.75, 3.05) is 32.4 Å². The second-order valence-corrected chi connectivity index (χ2v) is 8.40. The molecule has 1 aromatic heterocycles. The number of hydrogen-bond donors (Lipinski definition) is 0. The van der Waals surface area contributed by atoms with Gasteiger partial charge in [-0.1, -0.05) is 12.1 Å². The van der Waals surface area contributed by atoms with E-state index in [9.17, 15) is 13.2 Å². The van der Waals surface area contributed by atoms with Crippen LogP contribution < -0.4 is 5.63 Å². The van der Waals surface area contributed by atoms with Gasteiger partial charge in [-0.3, -0.25) is 4.90 Å². The summed E-state index contributed by atoms with van der Waals surface area (Å²) >= 11 is 0. The highest BCUT2D eigenvalue weighted by Gasteiger charge is 2.24. The van der Waals surface area contributed by atoms with E-state index in [-0.39, 0.29) is 5.63 Å². The van der Waals surface area contributed by atoms with Gasteiger partial charge in [-0.05, 0) is 30.5 Å². The van der Waals surface area contributed by atoms with Gasteiger partial charge < -0.3 is 4.42 Å². The van der Waals surface area contributed by atoms with Gasteiger partial charge in [0.2, 0.25) is 10.0 Å². The van der Waals surface area contributed by atoms with Crippen LogP contribution >= 0.6 is 0 Å². The quantitative estimate of drug-likeness (QED) is 0.785. The first-order valence-corrected chi connectivity index (χ1v) is 9.81. The van der Waals surface area contributed by atoms with E-state index in [1.165, 1.54) is 10.6 Å². The van der Waals surface area contributed by atoms with E-state index < -0.39 is 10.0 Å². The zero-order chi connectivity index (χ0) is 17.5. The molecule has 0 spiro atoms. The SMILES string of the molecule is Cc1ccc2c(CN3CCN(S(C)(=O)=O)CC3)cc(=O)oc2c1C. The van der Waals surface area contributed by atoms with Crippen LogP contribution in [0.3, 0.4) is 0 Å². The summed E-state index contributed by atoms with van der Waals surface area (Å²) in [4.78, 5) is 14.1. The average molecular weight is 350 g/mol. The number of aryl methyl sites for hydroxylation is 2. The molecule has 0 aliphatic carbocycles. The van der Waals surface area contributed by atoms with Crippen LogP contribution in [-0.4, -0.2) is 50.1 Å². The van der Waals surface area contributed by atoms with Crippen molar-refractivity contribution in [3.63, 3.8) is 0 Å². The maximum atomic E-state index is 11.9. The molecule has 24 heavy (non-hydrogen) atoms. The van der Waals surface area contributed by atoms with E-state index in [4.69, 9.17) is 4.42 Å². The molecule has 7 heteroatoms. The van der Waals surface area contributed by atoms with Gasteiger partial charge in [0.15, 0.2) is 0 Å². The van der Waals surface area contributed by atoms with Crippen LogP contribution in [-0.2, 0) is 16.6 Å². The molecular formula is C17H22N2O4S. The molecule has 0 bridgehead atoms. The monoisotopic (exact) mass is 350 g/mol. The van der Waals surface area contributed by atoms with Crippen LogP contribution in [0.1, 0.15) is 16.7 Å². The zero-order valence-electron chi connectivity index (χ0n) is 14.2. The summed E-state index contributed by atoms with van der Waals surface area (Å²) in [6.45, 7) is 6.83. The van der Waals surface area contributed by atoms with Crippen molar-refractivity contribution in [2.24, 2.45) is 0 Å². The Balaban J connectivity index is 1.87. The Morgan fingerprint density at radius 1 is 1.12 bits per heavy atom. The van der Waals surface area contributed by atoms with Crippen molar-refractivity contribution in [2.45, 2.75) is 20.4 Å². The van der Waals surface area contributed by atoms with Crippen molar-refractivity contribution < 1.29 is 12.8 Å². The average Bonchev–Trinajstić information content (AvgIpc) is 2.51. The van der Waals surface area contributed by atoms with Gasteiger partial charge in [-0.2, -0.15) is 4.31 Å². The third kappa shape index (κ3) is 3.38. The van der Waals surface area contributed by atoms with E-state index in [0.717, 1.165) is 22.1 Å². The van der Waals surface area contributed by atoms with Gasteiger partial charge in [0.25, 0.3) is 0 Å². The van der Waals surface area contributed by atoms with Crippen LogP contribution in [0, 0.1) is 13.8 Å². The summed E-state index contributed by atoms with van der Waals surface area (Å²) in [6.07, 6.45) is 1.24. The lowest BCUT2D eigenvalue weighted by Crippen LogP contribution is -2.47. The van der Waals surface area contributed by atoms with Crippen LogP contribution in [0.5, 0.6) is 0 Å². The maximum absolute atomic E-state index is 11.9. The van der Waals surface area contributed by atoms with Crippen LogP contribution in [0.4, 0.5) is 0 Å². The normalized spacial score (nSPS) is 17.5. The molecule has 130 valence electrons. The van der Waals surface area contributed by atoms with Crippen molar-refractivity contribution in [1.82, 2.24) is 9.21 Å². The molecule has 1 aromatic carbocycles. The first kappa shape index (κ1) is 17.1. The molecule has 0 N–H and O–H groups in total. The third-order valence-corrected chi connectivity index (χ3v) is 6.01. The summed E-state index contributed by atoms with van der Waals surface area (Å²) in [5.41, 5.74) is 3.29. The van der Waals surface area contributed by atoms with Gasteiger partial charge in [0.05, 0.1) is 6.26 Å². The number of sulfonamides is 1. The number of piperazine rings is 1. The Labute approximate surface area is 141 Å². The summed E-state index contributed by atoms with van der Waals surface area (Å²) < 4.78 is 30.1. The van der Waals surface area contributed by atoms with Crippen LogP contribution in [0.2, 0.25) is 0 Å². The van der Waals surface area contributed by atoms with Crippen LogP contribution in [0.15, 0.2) is 27.4 Å². The number of fused-ring (bicyclic) bond motifs is 1. The molecule has 1 saturated heterocycles. The predicted octanol–water partition coefficient (Wildman–Crippen LogP) is 1.49. The zero-order valence-corrected chi connectivity index (χ0v) is 15.0. The van der Waals surface area contributed by atoms with E-state index >= 15 is 0 Å². The largest absolute Gasteiger partial charge is 0.422 e. The molecule has 3 rings (SSSR count). The number of rotatable bonds is 3. The minimum atomic E-state index is -3.13. The summed E-state index contributed by atoms with van der Waals surface area (Å²) in [5.74, 6) is 0. The molecule has 6 nitrogen and oxygen atoms in total. The van der Waals surface area contributed by atoms with E-state index in [1.54, 1.807) is 6.07 Å². The highest BCUT2D eigenvalue weighted by atomic mass is 32.2. The summed E-state index contributed by atoms with van der Waals surface area (Å²) in [5, 5.41) is 0.947. The first-order chi connectivity index (χ1) is 11.3. The van der Waals surface area contributed by atoms with Gasteiger partial charge in [0.1, 0.15) is 5.58 Å². The first-order valence-electron chi connectivity index (χ1n) is 7.96. The molecule has 2 aromatic rings. The second kappa shape index (κ2) is 6.31. The van der Waals surface area contributed by atoms with Gasteiger partial charge in [-0.15, -0.1) is 0 Å². The molecule has 0 amide bonds. The molecule has 0 radical (unpaired) electrons. The lowest BCUT2D eigenvalue weighted by atomic mass is 10.0. The number of nitrogens with zero attached hydrogens (tertiary/aromatic N) is 2. The van der Waals surface area contributed by atoms with E-state index in [0.29, 0.717) is 38.3 Å². The Morgan fingerprint density at radius 3 is 2.42 bits per heavy atom. The number of benzene rings is 1. The molecule has 0 atom stereocenters. The summed E-state index contributed by atoms with van der Waals surface area (Å²) in [7, 11) is -3.13. The van der Waals surface area contributed by atoms with Gasteiger partial charge >= 0.3 is 5.63 Å². The Kier molecular flexibility index (Phi) is 4.50. The number of hydrogen-bond acceptors (Lipinski definition) is 5. The molecule has 1 aliphatic heterocycles. The molecule has 1 aliphatic rings. The fourth-order valence-electron chi connectivity index (χ4n) is 3.12. The fraction of sp³-hybridized carbons (Fsp3) is 0.471. The standard InChI is InChI=1S/C17H22N2O4S/c1-12-4-5-15-14(10-16(20)23-17(15)13(12)2)11-18-6-8-19(9-7-18)24(3,21)22/h4-5,10H,6-9,11H2,1-3H3. The van der Waals surface area contributed by atoms with Crippen molar-refractivity contribution in [3.05, 3.63) is 45.3 Å². The molecule has 2 heterocycles. The maximum Gasteiger partial charge on any atom is 0.336 e. The van der Waals surface area contributed by atoms with E-state index in [2.05, 4.69) is 4.90 Å². The van der Waals surface area contributed by atoms with Crippen molar-refractivity contribution in [1.29, 1.82) is 0 Å². The highest BCUT2D eigenvalue weighted by molar-refractivity contribution is 7.88. The third-order valence-electron chi connectivity index (χ3n) is 4.71.